The largest absolute Gasteiger partial charge is 0.439 e. The van der Waals surface area contributed by atoms with Crippen molar-refractivity contribution >= 4 is 17.7 Å². The number of nitrogens with one attached hydrogen (secondary N) is 1. The molecule has 3 rings (SSSR count). The molecule has 0 saturated carbocycles. The molecule has 0 bridgehead atoms. The van der Waals surface area contributed by atoms with Crippen LogP contribution in [0.4, 0.5) is 0 Å². The van der Waals surface area contributed by atoms with Crippen molar-refractivity contribution in [3.63, 3.8) is 0 Å². The van der Waals surface area contributed by atoms with Crippen molar-refractivity contribution in [1.82, 2.24) is 20.3 Å². The Kier molecular flexibility index (Phi) is 6.82. The topological polar surface area (TPSA) is 77.0 Å². The Morgan fingerprint density at radius 2 is 1.79 bits per heavy atom. The number of hydrogen-bond donors (Lipinski definition) is 1. The second-order valence-electron chi connectivity index (χ2n) is 6.87. The molecule has 0 aliphatic rings. The maximum Gasteiger partial charge on any atom is 0.230 e. The third-order valence-corrected chi connectivity index (χ3v) is 4.99. The molecule has 1 amide bonds. The van der Waals surface area contributed by atoms with Crippen LogP contribution in [0.25, 0.3) is 0 Å². The van der Waals surface area contributed by atoms with Gasteiger partial charge in [0.05, 0.1) is 5.75 Å². The minimum atomic E-state index is -0.0755. The number of rotatable bonds is 7. The van der Waals surface area contributed by atoms with Crippen molar-refractivity contribution in [2.45, 2.75) is 39.4 Å². The molecule has 1 N–H and O–H groups in total. The van der Waals surface area contributed by atoms with Gasteiger partial charge in [-0.25, -0.2) is 15.0 Å². The van der Waals surface area contributed by atoms with Crippen LogP contribution in [0.15, 0.2) is 47.8 Å². The summed E-state index contributed by atoms with van der Waals surface area (Å²) in [4.78, 5) is 25.1. The van der Waals surface area contributed by atoms with Crippen LogP contribution < -0.4 is 10.1 Å². The predicted octanol–water partition coefficient (Wildman–Crippen LogP) is 4.31. The molecule has 0 radical (unpaired) electrons. The molecular weight excluding hydrogens is 384 g/mol. The van der Waals surface area contributed by atoms with Gasteiger partial charge in [0.15, 0.2) is 5.16 Å². The van der Waals surface area contributed by atoms with Crippen molar-refractivity contribution < 1.29 is 9.53 Å². The minimum absolute atomic E-state index is 0.0755. The highest BCUT2D eigenvalue weighted by molar-refractivity contribution is 7.99. The number of aromatic nitrogens is 3. The molecule has 0 saturated heterocycles. The first-order valence-electron chi connectivity index (χ1n) is 9.31. The Hall–Kier alpha value is -2.93. The van der Waals surface area contributed by atoms with E-state index in [0.29, 0.717) is 17.6 Å². The van der Waals surface area contributed by atoms with E-state index in [1.165, 1.54) is 11.8 Å². The molecule has 0 aliphatic carbocycles. The van der Waals surface area contributed by atoms with Crippen LogP contribution >= 0.6 is 11.8 Å². The van der Waals surface area contributed by atoms with Gasteiger partial charge in [-0.05, 0) is 56.5 Å². The summed E-state index contributed by atoms with van der Waals surface area (Å²) in [6, 6.07) is 11.7. The highest BCUT2D eigenvalue weighted by atomic mass is 32.2. The van der Waals surface area contributed by atoms with Crippen molar-refractivity contribution in [3.8, 4) is 11.6 Å². The Morgan fingerprint density at radius 1 is 1.03 bits per heavy atom. The van der Waals surface area contributed by atoms with E-state index in [4.69, 9.17) is 4.74 Å². The van der Waals surface area contributed by atoms with Gasteiger partial charge in [-0.2, -0.15) is 0 Å². The number of thioether (sulfide) groups is 1. The van der Waals surface area contributed by atoms with E-state index in [2.05, 4.69) is 20.3 Å². The summed E-state index contributed by atoms with van der Waals surface area (Å²) in [7, 11) is 0. The predicted molar refractivity (Wildman–Crippen MR) is 114 cm³/mol. The number of nitrogens with zero attached hydrogens (tertiary/aromatic N) is 3. The van der Waals surface area contributed by atoms with Gasteiger partial charge >= 0.3 is 0 Å². The molecular formula is C22H24N4O2S. The van der Waals surface area contributed by atoms with Crippen molar-refractivity contribution in [1.29, 1.82) is 0 Å². The third-order valence-electron chi connectivity index (χ3n) is 4.14. The fraction of sp³-hybridized carbons (Fsp3) is 0.273. The van der Waals surface area contributed by atoms with Gasteiger partial charge in [-0.1, -0.05) is 30.0 Å². The number of ether oxygens (including phenoxy) is 1. The summed E-state index contributed by atoms with van der Waals surface area (Å²) in [6.45, 7) is 8.26. The molecule has 0 fully saturated rings. The first-order chi connectivity index (χ1) is 13.9. The van der Waals surface area contributed by atoms with Crippen LogP contribution in [-0.4, -0.2) is 26.6 Å². The van der Waals surface area contributed by atoms with E-state index in [1.54, 1.807) is 12.3 Å². The molecule has 6 nitrogen and oxygen atoms in total. The third kappa shape index (κ3) is 6.29. The maximum absolute atomic E-state index is 12.1. The number of aryl methyl sites for hydroxylation is 4. The van der Waals surface area contributed by atoms with Gasteiger partial charge in [-0.15, -0.1) is 0 Å². The zero-order chi connectivity index (χ0) is 20.8. The lowest BCUT2D eigenvalue weighted by molar-refractivity contribution is -0.118. The zero-order valence-corrected chi connectivity index (χ0v) is 17.8. The van der Waals surface area contributed by atoms with Crippen molar-refractivity contribution in [2.24, 2.45) is 0 Å². The summed E-state index contributed by atoms with van der Waals surface area (Å²) in [5, 5.41) is 3.51. The second-order valence-corrected chi connectivity index (χ2v) is 7.82. The smallest absolute Gasteiger partial charge is 0.230 e. The van der Waals surface area contributed by atoms with Gasteiger partial charge in [-0.3, -0.25) is 4.79 Å². The van der Waals surface area contributed by atoms with E-state index in [9.17, 15) is 4.79 Å². The van der Waals surface area contributed by atoms with E-state index in [-0.39, 0.29) is 11.7 Å². The number of pyridine rings is 1. The first-order valence-corrected chi connectivity index (χ1v) is 10.3. The number of hydrogen-bond acceptors (Lipinski definition) is 6. The normalized spacial score (nSPS) is 10.6. The van der Waals surface area contributed by atoms with Crippen LogP contribution in [-0.2, 0) is 11.3 Å². The summed E-state index contributed by atoms with van der Waals surface area (Å²) in [5.41, 5.74) is 4.89. The Labute approximate surface area is 175 Å². The first kappa shape index (κ1) is 20.8. The molecule has 2 heterocycles. The average Bonchev–Trinajstić information content (AvgIpc) is 2.68. The molecule has 7 heteroatoms. The van der Waals surface area contributed by atoms with E-state index in [1.807, 2.05) is 58.0 Å². The van der Waals surface area contributed by atoms with E-state index < -0.39 is 0 Å². The zero-order valence-electron chi connectivity index (χ0n) is 17.0. The lowest BCUT2D eigenvalue weighted by atomic mass is 10.1. The Morgan fingerprint density at radius 3 is 2.48 bits per heavy atom. The average molecular weight is 409 g/mol. The van der Waals surface area contributed by atoms with Gasteiger partial charge in [0.25, 0.3) is 0 Å². The number of benzene rings is 1. The molecule has 2 aromatic heterocycles. The molecule has 0 unspecified atom stereocenters. The summed E-state index contributed by atoms with van der Waals surface area (Å²) >= 11 is 1.33. The van der Waals surface area contributed by atoms with E-state index in [0.717, 1.165) is 33.8 Å². The fourth-order valence-electron chi connectivity index (χ4n) is 2.65. The standard InChI is InChI=1S/C22H24N4O2S/c1-14-5-6-15(2)19(9-14)28-21-8-7-18(12-24-21)11-23-20(27)13-29-22-25-16(3)10-17(4)26-22/h5-10,12H,11,13H2,1-4H3,(H,23,27). The summed E-state index contributed by atoms with van der Waals surface area (Å²) in [6.07, 6.45) is 1.71. The quantitative estimate of drug-likeness (QED) is 0.464. The SMILES string of the molecule is Cc1ccc(C)c(Oc2ccc(CNC(=O)CSc3nc(C)cc(C)n3)cn2)c1. The molecule has 0 spiro atoms. The molecule has 3 aromatic rings. The van der Waals surface area contributed by atoms with Crippen molar-refractivity contribution in [3.05, 3.63) is 70.7 Å². The molecule has 29 heavy (non-hydrogen) atoms. The number of carbonyl (C=O) groups excluding carboxylic acids is 1. The van der Waals surface area contributed by atoms with Gasteiger partial charge in [0.2, 0.25) is 11.8 Å². The summed E-state index contributed by atoms with van der Waals surface area (Å²) < 4.78 is 5.86. The van der Waals surface area contributed by atoms with Crippen LogP contribution in [0.1, 0.15) is 28.1 Å². The Bertz CT molecular complexity index is 986. The lowest BCUT2D eigenvalue weighted by Gasteiger charge is -2.09. The van der Waals surface area contributed by atoms with Gasteiger partial charge in [0.1, 0.15) is 5.75 Å². The van der Waals surface area contributed by atoms with Crippen molar-refractivity contribution in [2.75, 3.05) is 5.75 Å². The van der Waals surface area contributed by atoms with Crippen LogP contribution in [0.5, 0.6) is 11.6 Å². The highest BCUT2D eigenvalue weighted by Crippen LogP contribution is 2.24. The fourth-order valence-corrected chi connectivity index (χ4v) is 3.43. The van der Waals surface area contributed by atoms with Crippen LogP contribution in [0.2, 0.25) is 0 Å². The lowest BCUT2D eigenvalue weighted by Crippen LogP contribution is -2.24. The number of carbonyl (C=O) groups is 1. The van der Waals surface area contributed by atoms with E-state index >= 15 is 0 Å². The monoisotopic (exact) mass is 408 g/mol. The van der Waals surface area contributed by atoms with Crippen LogP contribution in [0, 0.1) is 27.7 Å². The molecule has 0 aliphatic heterocycles. The minimum Gasteiger partial charge on any atom is -0.439 e. The van der Waals surface area contributed by atoms with Gasteiger partial charge < -0.3 is 10.1 Å². The molecule has 0 atom stereocenters. The second kappa shape index (κ2) is 9.52. The number of amides is 1. The Balaban J connectivity index is 1.49. The summed E-state index contributed by atoms with van der Waals surface area (Å²) in [5.74, 6) is 1.51. The van der Waals surface area contributed by atoms with Gasteiger partial charge in [0, 0.05) is 30.2 Å². The highest BCUT2D eigenvalue weighted by Gasteiger charge is 2.07. The maximum atomic E-state index is 12.1. The molecule has 150 valence electrons. The van der Waals surface area contributed by atoms with Crippen LogP contribution in [0.3, 0.4) is 0 Å². The molecule has 1 aromatic carbocycles.